The van der Waals surface area contributed by atoms with E-state index in [4.69, 9.17) is 23.2 Å². The number of halogens is 2. The molecule has 0 heterocycles. The van der Waals surface area contributed by atoms with Crippen molar-refractivity contribution in [3.63, 3.8) is 0 Å². The van der Waals surface area contributed by atoms with Crippen LogP contribution in [0, 0.1) is 6.92 Å². The number of benzene rings is 2. The average Bonchev–Trinajstić information content (AvgIpc) is 2.70. The number of hydrogen-bond donors (Lipinski definition) is 1. The summed E-state index contributed by atoms with van der Waals surface area (Å²) in [6.07, 6.45) is 1.04. The normalized spacial score (nSPS) is 12.4. The summed E-state index contributed by atoms with van der Waals surface area (Å²) < 4.78 is 26.2. The van der Waals surface area contributed by atoms with Crippen molar-refractivity contribution in [3.8, 4) is 0 Å². The molecule has 2 aromatic carbocycles. The molecule has 0 spiro atoms. The van der Waals surface area contributed by atoms with Crippen LogP contribution in [0.25, 0.3) is 0 Å². The fourth-order valence-electron chi connectivity index (χ4n) is 3.28. The standard InChI is InChI=1S/C23H29Cl2N3O4S/c1-15(2)26-23(30)17(4)27(13-18-19(24)10-8-11-20(18)25)22(29)14-28(33(5,31)32)21-12-7-6-9-16(21)3/h6-12,15,17H,13-14H2,1-5H3,(H,26,30). The molecule has 7 nitrogen and oxygen atoms in total. The topological polar surface area (TPSA) is 86.8 Å². The van der Waals surface area contributed by atoms with Gasteiger partial charge >= 0.3 is 0 Å². The molecule has 2 aromatic rings. The zero-order valence-corrected chi connectivity index (χ0v) is 21.6. The Labute approximate surface area is 205 Å². The van der Waals surface area contributed by atoms with Crippen LogP contribution in [0.5, 0.6) is 0 Å². The van der Waals surface area contributed by atoms with E-state index in [2.05, 4.69) is 5.32 Å². The zero-order chi connectivity index (χ0) is 24.9. The van der Waals surface area contributed by atoms with Crippen molar-refractivity contribution < 1.29 is 18.0 Å². The molecule has 33 heavy (non-hydrogen) atoms. The third-order valence-electron chi connectivity index (χ3n) is 5.05. The van der Waals surface area contributed by atoms with Crippen molar-refractivity contribution in [1.82, 2.24) is 10.2 Å². The first-order chi connectivity index (χ1) is 15.3. The molecule has 1 unspecified atom stereocenters. The van der Waals surface area contributed by atoms with Gasteiger partial charge in [-0.3, -0.25) is 13.9 Å². The van der Waals surface area contributed by atoms with Gasteiger partial charge in [0.1, 0.15) is 12.6 Å². The third kappa shape index (κ3) is 7.09. The van der Waals surface area contributed by atoms with E-state index in [1.54, 1.807) is 56.3 Å². The average molecular weight is 514 g/mol. The molecule has 0 bridgehead atoms. The molecule has 0 aliphatic heterocycles. The smallest absolute Gasteiger partial charge is 0.244 e. The lowest BCUT2D eigenvalue weighted by Gasteiger charge is -2.32. The summed E-state index contributed by atoms with van der Waals surface area (Å²) in [7, 11) is -3.79. The number of aryl methyl sites for hydroxylation is 1. The molecule has 2 rings (SSSR count). The van der Waals surface area contributed by atoms with Gasteiger partial charge in [-0.25, -0.2) is 8.42 Å². The monoisotopic (exact) mass is 513 g/mol. The highest BCUT2D eigenvalue weighted by Crippen LogP contribution is 2.27. The van der Waals surface area contributed by atoms with Crippen LogP contribution < -0.4 is 9.62 Å². The molecule has 0 radical (unpaired) electrons. The highest BCUT2D eigenvalue weighted by Gasteiger charge is 2.31. The Morgan fingerprint density at radius 3 is 2.09 bits per heavy atom. The molecule has 0 fully saturated rings. The maximum atomic E-state index is 13.5. The van der Waals surface area contributed by atoms with Crippen molar-refractivity contribution in [2.24, 2.45) is 0 Å². The second-order valence-corrected chi connectivity index (χ2v) is 10.8. The first-order valence-electron chi connectivity index (χ1n) is 10.4. The fourth-order valence-corrected chi connectivity index (χ4v) is 4.70. The second-order valence-electron chi connectivity index (χ2n) is 8.12. The van der Waals surface area contributed by atoms with Gasteiger partial charge in [-0.1, -0.05) is 47.5 Å². The van der Waals surface area contributed by atoms with Gasteiger partial charge in [-0.05, 0) is 51.5 Å². The molecular weight excluding hydrogens is 485 g/mol. The van der Waals surface area contributed by atoms with Crippen LogP contribution in [-0.2, 0) is 26.2 Å². The van der Waals surface area contributed by atoms with Crippen LogP contribution in [0.3, 0.4) is 0 Å². The number of carbonyl (C=O) groups excluding carboxylic acids is 2. The van der Waals surface area contributed by atoms with Gasteiger partial charge in [-0.15, -0.1) is 0 Å². The number of nitrogens with one attached hydrogen (secondary N) is 1. The number of anilines is 1. The SMILES string of the molecule is Cc1ccccc1N(CC(=O)N(Cc1c(Cl)cccc1Cl)C(C)C(=O)NC(C)C)S(C)(=O)=O. The predicted octanol–water partition coefficient (Wildman–Crippen LogP) is 4.01. The molecule has 1 N–H and O–H groups in total. The minimum atomic E-state index is -3.79. The minimum Gasteiger partial charge on any atom is -0.352 e. The lowest BCUT2D eigenvalue weighted by Crippen LogP contribution is -2.52. The van der Waals surface area contributed by atoms with Crippen molar-refractivity contribution in [1.29, 1.82) is 0 Å². The van der Waals surface area contributed by atoms with Gasteiger partial charge in [0.05, 0.1) is 11.9 Å². The Balaban J connectivity index is 2.47. The van der Waals surface area contributed by atoms with Gasteiger partial charge in [0.2, 0.25) is 21.8 Å². The first kappa shape index (κ1) is 27.0. The summed E-state index contributed by atoms with van der Waals surface area (Å²) in [5, 5.41) is 3.47. The number of rotatable bonds is 9. The molecule has 0 saturated heterocycles. The Kier molecular flexibility index (Phi) is 9.17. The molecule has 0 aliphatic rings. The lowest BCUT2D eigenvalue weighted by molar-refractivity contribution is -0.139. The van der Waals surface area contributed by atoms with Gasteiger partial charge in [0.15, 0.2) is 0 Å². The lowest BCUT2D eigenvalue weighted by atomic mass is 10.1. The summed E-state index contributed by atoms with van der Waals surface area (Å²) in [5.74, 6) is -0.936. The Morgan fingerprint density at radius 2 is 1.58 bits per heavy atom. The number of para-hydroxylation sites is 1. The largest absolute Gasteiger partial charge is 0.352 e. The van der Waals surface area contributed by atoms with Crippen LogP contribution in [0.4, 0.5) is 5.69 Å². The maximum Gasteiger partial charge on any atom is 0.244 e. The number of amides is 2. The Bertz CT molecular complexity index is 1100. The van der Waals surface area contributed by atoms with E-state index in [-0.39, 0.29) is 18.5 Å². The summed E-state index contributed by atoms with van der Waals surface area (Å²) in [6, 6.07) is 10.8. The number of nitrogens with zero attached hydrogens (tertiary/aromatic N) is 2. The summed E-state index contributed by atoms with van der Waals surface area (Å²) in [4.78, 5) is 27.6. The van der Waals surface area contributed by atoms with E-state index < -0.39 is 28.5 Å². The Morgan fingerprint density at radius 1 is 1.00 bits per heavy atom. The highest BCUT2D eigenvalue weighted by atomic mass is 35.5. The van der Waals surface area contributed by atoms with E-state index in [0.717, 1.165) is 10.6 Å². The number of hydrogen-bond acceptors (Lipinski definition) is 4. The van der Waals surface area contributed by atoms with E-state index >= 15 is 0 Å². The molecule has 2 amide bonds. The van der Waals surface area contributed by atoms with Crippen molar-refractivity contribution in [3.05, 3.63) is 63.6 Å². The predicted molar refractivity (Wildman–Crippen MR) is 133 cm³/mol. The molecular formula is C23H29Cl2N3O4S. The maximum absolute atomic E-state index is 13.5. The number of carbonyl (C=O) groups is 2. The van der Waals surface area contributed by atoms with Crippen molar-refractivity contribution in [2.75, 3.05) is 17.1 Å². The van der Waals surface area contributed by atoms with Crippen LogP contribution in [0.1, 0.15) is 31.9 Å². The van der Waals surface area contributed by atoms with Crippen molar-refractivity contribution >= 4 is 50.7 Å². The summed E-state index contributed by atoms with van der Waals surface area (Å²) in [5.41, 5.74) is 1.56. The minimum absolute atomic E-state index is 0.0601. The molecule has 180 valence electrons. The van der Waals surface area contributed by atoms with Gasteiger partial charge in [0, 0.05) is 28.2 Å². The van der Waals surface area contributed by atoms with Gasteiger partial charge < -0.3 is 10.2 Å². The van der Waals surface area contributed by atoms with E-state index in [0.29, 0.717) is 26.9 Å². The van der Waals surface area contributed by atoms with Crippen molar-refractivity contribution in [2.45, 2.75) is 46.3 Å². The van der Waals surface area contributed by atoms with Crippen LogP contribution in [0.2, 0.25) is 10.0 Å². The Hall–Kier alpha value is -2.29. The molecule has 0 aromatic heterocycles. The van der Waals surface area contributed by atoms with Crippen LogP contribution in [0.15, 0.2) is 42.5 Å². The molecule has 0 saturated carbocycles. The van der Waals surface area contributed by atoms with E-state index in [1.165, 1.54) is 4.90 Å². The van der Waals surface area contributed by atoms with Gasteiger partial charge in [0.25, 0.3) is 0 Å². The summed E-state index contributed by atoms with van der Waals surface area (Å²) >= 11 is 12.6. The summed E-state index contributed by atoms with van der Waals surface area (Å²) in [6.45, 7) is 6.42. The quantitative estimate of drug-likeness (QED) is 0.548. The fraction of sp³-hybridized carbons (Fsp3) is 0.391. The number of sulfonamides is 1. The van der Waals surface area contributed by atoms with Crippen LogP contribution in [-0.4, -0.2) is 50.0 Å². The zero-order valence-electron chi connectivity index (χ0n) is 19.3. The molecule has 1 atom stereocenters. The van der Waals surface area contributed by atoms with E-state index in [9.17, 15) is 18.0 Å². The van der Waals surface area contributed by atoms with E-state index in [1.807, 2.05) is 13.8 Å². The molecule has 0 aliphatic carbocycles. The third-order valence-corrected chi connectivity index (χ3v) is 6.89. The highest BCUT2D eigenvalue weighted by molar-refractivity contribution is 7.92. The van der Waals surface area contributed by atoms with Gasteiger partial charge in [-0.2, -0.15) is 0 Å². The second kappa shape index (κ2) is 11.2. The van der Waals surface area contributed by atoms with Crippen LogP contribution >= 0.6 is 23.2 Å². The first-order valence-corrected chi connectivity index (χ1v) is 13.0. The molecule has 10 heteroatoms.